The normalized spacial score (nSPS) is 36.8. The molecule has 2 aromatic heterocycles. The lowest BCUT2D eigenvalue weighted by Gasteiger charge is -2.17. The Morgan fingerprint density at radius 2 is 2.08 bits per heavy atom. The smallest absolute Gasteiger partial charge is 0.226 e. The number of anilines is 1. The van der Waals surface area contributed by atoms with Crippen molar-refractivity contribution in [3.05, 3.63) is 11.6 Å². The number of aromatic nitrogens is 4. The van der Waals surface area contributed by atoms with Gasteiger partial charge >= 0.3 is 0 Å². The highest BCUT2D eigenvalue weighted by atomic mass is 35.5. The Morgan fingerprint density at radius 1 is 1.32 bits per heavy atom. The minimum absolute atomic E-state index is 0.0569. The monoisotopic (exact) mass is 373 g/mol. The fraction of sp³-hybridized carbons (Fsp3) is 0.667. The molecule has 4 N–H and O–H groups in total. The number of ether oxygens (including phenoxy) is 1. The fourth-order valence-electron chi connectivity index (χ4n) is 3.04. The van der Waals surface area contributed by atoms with Crippen LogP contribution in [-0.2, 0) is 4.74 Å². The molecule has 4 rings (SSSR count). The van der Waals surface area contributed by atoms with Gasteiger partial charge < -0.3 is 25.4 Å². The van der Waals surface area contributed by atoms with Crippen LogP contribution in [0.2, 0.25) is 5.28 Å². The summed E-state index contributed by atoms with van der Waals surface area (Å²) < 4.78 is 38.4. The maximum absolute atomic E-state index is 10.3. The van der Waals surface area contributed by atoms with Crippen molar-refractivity contribution in [3.63, 3.8) is 0 Å². The third-order valence-electron chi connectivity index (χ3n) is 4.35. The number of halogens is 1. The van der Waals surface area contributed by atoms with Crippen LogP contribution >= 0.6 is 11.6 Å². The number of imidazole rings is 1. The minimum Gasteiger partial charge on any atom is -0.394 e. The number of hydrogen-bond donors (Lipinski definition) is 4. The van der Waals surface area contributed by atoms with Gasteiger partial charge in [-0.1, -0.05) is 12.7 Å². The molecule has 1 saturated carbocycles. The summed E-state index contributed by atoms with van der Waals surface area (Å²) in [5, 5.41) is 32.4. The molecule has 0 aromatic carbocycles. The van der Waals surface area contributed by atoms with E-state index in [-0.39, 0.29) is 35.1 Å². The summed E-state index contributed by atoms with van der Waals surface area (Å²) in [6, 6.07) is -0.534. The van der Waals surface area contributed by atoms with Crippen molar-refractivity contribution < 1.29 is 25.5 Å². The number of hydrogen-bond acceptors (Lipinski definition) is 8. The molecule has 10 heteroatoms. The summed E-state index contributed by atoms with van der Waals surface area (Å²) >= 11 is 6.03. The zero-order chi connectivity index (χ0) is 21.1. The zero-order valence-corrected chi connectivity index (χ0v) is 13.8. The van der Waals surface area contributed by atoms with Crippen molar-refractivity contribution in [2.24, 2.45) is 0 Å². The van der Waals surface area contributed by atoms with Crippen molar-refractivity contribution in [2.45, 2.75) is 56.2 Å². The van der Waals surface area contributed by atoms with E-state index in [9.17, 15) is 15.3 Å². The van der Waals surface area contributed by atoms with Gasteiger partial charge in [0.2, 0.25) is 5.28 Å². The molecule has 1 aliphatic heterocycles. The van der Waals surface area contributed by atoms with Gasteiger partial charge in [0.05, 0.1) is 12.9 Å². The first-order valence-electron chi connectivity index (χ1n) is 9.83. The Labute approximate surface area is 154 Å². The SMILES string of the molecule is [2H]C1([2H])CC(Nc2nc(Cl)nc3c2ncn3[C@@H]2O[C@H](CO)[C@H](O)C2O)CC1([2H])[2H]. The topological polar surface area (TPSA) is 126 Å². The van der Waals surface area contributed by atoms with Gasteiger partial charge in [-0.2, -0.15) is 9.97 Å². The van der Waals surface area contributed by atoms with Crippen LogP contribution in [0.25, 0.3) is 11.2 Å². The first-order chi connectivity index (χ1) is 13.5. The average Bonchev–Trinajstić information content (AvgIpc) is 3.21. The average molecular weight is 374 g/mol. The lowest BCUT2D eigenvalue weighted by atomic mass is 10.1. The van der Waals surface area contributed by atoms with Crippen LogP contribution in [0.1, 0.15) is 37.3 Å². The Morgan fingerprint density at radius 3 is 2.76 bits per heavy atom. The Balaban J connectivity index is 1.66. The van der Waals surface area contributed by atoms with Crippen LogP contribution < -0.4 is 5.32 Å². The molecule has 25 heavy (non-hydrogen) atoms. The van der Waals surface area contributed by atoms with Gasteiger partial charge in [0.25, 0.3) is 0 Å². The van der Waals surface area contributed by atoms with E-state index in [0.29, 0.717) is 0 Å². The molecular weight excluding hydrogens is 350 g/mol. The summed E-state index contributed by atoms with van der Waals surface area (Å²) in [7, 11) is 0. The van der Waals surface area contributed by atoms with Crippen molar-refractivity contribution in [3.8, 4) is 0 Å². The molecule has 136 valence electrons. The highest BCUT2D eigenvalue weighted by Crippen LogP contribution is 2.33. The molecule has 1 unspecified atom stereocenters. The molecule has 0 bridgehead atoms. The number of aliphatic hydroxyl groups is 3. The van der Waals surface area contributed by atoms with Crippen LogP contribution in [0.3, 0.4) is 0 Å². The minimum atomic E-state index is -1.99. The molecule has 3 heterocycles. The lowest BCUT2D eigenvalue weighted by Crippen LogP contribution is -2.33. The van der Waals surface area contributed by atoms with Gasteiger partial charge in [0, 0.05) is 11.5 Å². The van der Waals surface area contributed by atoms with E-state index in [4.69, 9.17) is 21.8 Å². The van der Waals surface area contributed by atoms with Crippen molar-refractivity contribution in [1.29, 1.82) is 0 Å². The van der Waals surface area contributed by atoms with Crippen molar-refractivity contribution >= 4 is 28.6 Å². The molecule has 0 radical (unpaired) electrons. The summed E-state index contributed by atoms with van der Waals surface area (Å²) in [6.45, 7) is -0.477. The molecule has 0 spiro atoms. The van der Waals surface area contributed by atoms with Crippen molar-refractivity contribution in [1.82, 2.24) is 19.5 Å². The number of nitrogens with zero attached hydrogens (tertiary/aromatic N) is 4. The van der Waals surface area contributed by atoms with E-state index in [0.717, 1.165) is 0 Å². The largest absolute Gasteiger partial charge is 0.394 e. The van der Waals surface area contributed by atoms with Gasteiger partial charge in [-0.15, -0.1) is 0 Å². The van der Waals surface area contributed by atoms with Gasteiger partial charge in [-0.3, -0.25) is 4.57 Å². The van der Waals surface area contributed by atoms with Gasteiger partial charge in [-0.05, 0) is 24.4 Å². The van der Waals surface area contributed by atoms with Crippen LogP contribution in [0.4, 0.5) is 5.82 Å². The predicted molar refractivity (Wildman–Crippen MR) is 89.2 cm³/mol. The van der Waals surface area contributed by atoms with Crippen LogP contribution in [0.5, 0.6) is 0 Å². The number of rotatable bonds is 4. The van der Waals surface area contributed by atoms with E-state index in [1.807, 2.05) is 0 Å². The third-order valence-corrected chi connectivity index (χ3v) is 4.52. The van der Waals surface area contributed by atoms with Gasteiger partial charge in [0.1, 0.15) is 18.3 Å². The van der Waals surface area contributed by atoms with Gasteiger partial charge in [-0.25, -0.2) is 4.98 Å². The van der Waals surface area contributed by atoms with Gasteiger partial charge in [0.15, 0.2) is 23.2 Å². The Bertz CT molecular complexity index is 915. The number of nitrogens with one attached hydrogen (secondary N) is 1. The van der Waals surface area contributed by atoms with E-state index in [2.05, 4.69) is 20.3 Å². The molecule has 9 nitrogen and oxygen atoms in total. The second-order valence-corrected chi connectivity index (χ2v) is 6.34. The standard InChI is InChI=1S/C15H20ClN5O4/c16-15-19-12(18-7-3-1-2-4-7)9-13(20-15)21(6-17-9)14-11(24)10(23)8(5-22)25-14/h6-8,10-11,14,22-24H,1-5H2,(H,18,19,20)/t8-,10+,11?,14-/m1/s1/i1D2,2D2. The number of fused-ring (bicyclic) bond motifs is 1. The van der Waals surface area contributed by atoms with E-state index >= 15 is 0 Å². The quantitative estimate of drug-likeness (QED) is 0.569. The summed E-state index contributed by atoms with van der Waals surface area (Å²) in [5.41, 5.74) is 0.464. The second-order valence-electron chi connectivity index (χ2n) is 6.00. The molecule has 1 aliphatic carbocycles. The van der Waals surface area contributed by atoms with Crippen LogP contribution in [-0.4, -0.2) is 65.8 Å². The van der Waals surface area contributed by atoms with Crippen LogP contribution in [0.15, 0.2) is 6.33 Å². The molecule has 4 atom stereocenters. The maximum atomic E-state index is 10.3. The Hall–Kier alpha value is -1.52. The van der Waals surface area contributed by atoms with E-state index in [1.54, 1.807) is 0 Å². The van der Waals surface area contributed by atoms with E-state index < -0.39 is 49.9 Å². The fourth-order valence-corrected chi connectivity index (χ4v) is 3.21. The molecule has 1 saturated heterocycles. The van der Waals surface area contributed by atoms with Crippen molar-refractivity contribution in [2.75, 3.05) is 11.9 Å². The first kappa shape index (κ1) is 12.8. The van der Waals surface area contributed by atoms with E-state index in [1.165, 1.54) is 10.9 Å². The molecule has 0 amide bonds. The first-order valence-corrected chi connectivity index (χ1v) is 8.21. The molecule has 2 aromatic rings. The summed E-state index contributed by atoms with van der Waals surface area (Å²) in [5.74, 6) is 0.198. The number of aliphatic hydroxyl groups excluding tert-OH is 3. The third kappa shape index (κ3) is 2.96. The highest BCUT2D eigenvalue weighted by Gasteiger charge is 2.44. The molecule has 2 aliphatic rings. The summed E-state index contributed by atoms with van der Waals surface area (Å²) in [6.07, 6.45) is -7.41. The lowest BCUT2D eigenvalue weighted by molar-refractivity contribution is -0.0511. The molecule has 2 fully saturated rings. The molecular formula is C15H20ClN5O4. The summed E-state index contributed by atoms with van der Waals surface area (Å²) in [4.78, 5) is 12.4. The maximum Gasteiger partial charge on any atom is 0.226 e. The Kier molecular flexibility index (Phi) is 3.40. The zero-order valence-electron chi connectivity index (χ0n) is 17.0. The highest BCUT2D eigenvalue weighted by molar-refractivity contribution is 6.28. The second kappa shape index (κ2) is 6.65. The van der Waals surface area contributed by atoms with Crippen LogP contribution in [0, 0.1) is 0 Å². The predicted octanol–water partition coefficient (Wildman–Crippen LogP) is 0.446.